The van der Waals surface area contributed by atoms with E-state index in [1.165, 1.54) is 0 Å². The van der Waals surface area contributed by atoms with Crippen LogP contribution in [-0.4, -0.2) is 29.8 Å². The van der Waals surface area contributed by atoms with Crippen LogP contribution in [0.2, 0.25) is 5.02 Å². The van der Waals surface area contributed by atoms with Crippen LogP contribution in [0.5, 0.6) is 0 Å². The number of rotatable bonds is 6. The maximum Gasteiger partial charge on any atom is 0.242 e. The van der Waals surface area contributed by atoms with Crippen LogP contribution in [0.15, 0.2) is 42.5 Å². The molecule has 4 nitrogen and oxygen atoms in total. The number of nitrogens with one attached hydrogen (secondary N) is 1. The smallest absolute Gasteiger partial charge is 0.242 e. The van der Waals surface area contributed by atoms with Gasteiger partial charge < -0.3 is 10.2 Å². The highest BCUT2D eigenvalue weighted by Gasteiger charge is 2.25. The van der Waals surface area contributed by atoms with E-state index in [2.05, 4.69) is 5.32 Å². The average Bonchev–Trinajstić information content (AvgIpc) is 2.62. The number of carbonyl (C=O) groups excluding carboxylic acids is 2. The van der Waals surface area contributed by atoms with Crippen molar-refractivity contribution in [1.82, 2.24) is 10.2 Å². The van der Waals surface area contributed by atoms with Gasteiger partial charge in [0, 0.05) is 18.6 Å². The molecule has 0 aliphatic rings. The minimum Gasteiger partial charge on any atom is -0.357 e. The number of nitrogens with zero attached hydrogens (tertiary/aromatic N) is 1. The van der Waals surface area contributed by atoms with Crippen molar-refractivity contribution in [2.45, 2.75) is 39.8 Å². The Labute approximate surface area is 160 Å². The van der Waals surface area contributed by atoms with E-state index in [4.69, 9.17) is 11.6 Å². The summed E-state index contributed by atoms with van der Waals surface area (Å²) in [5.41, 5.74) is 4.10. The molecule has 0 aliphatic heterocycles. The van der Waals surface area contributed by atoms with Crippen molar-refractivity contribution >= 4 is 23.4 Å². The third-order valence-electron chi connectivity index (χ3n) is 4.53. The molecule has 0 saturated heterocycles. The lowest BCUT2D eigenvalue weighted by atomic mass is 10.0. The second-order valence-electron chi connectivity index (χ2n) is 6.55. The minimum atomic E-state index is -0.562. The molecule has 0 radical (unpaired) electrons. The van der Waals surface area contributed by atoms with Crippen LogP contribution in [0.3, 0.4) is 0 Å². The molecular weight excluding hydrogens is 348 g/mol. The van der Waals surface area contributed by atoms with E-state index in [0.29, 0.717) is 11.6 Å². The van der Waals surface area contributed by atoms with Crippen LogP contribution in [0, 0.1) is 13.8 Å². The van der Waals surface area contributed by atoms with Gasteiger partial charge in [-0.2, -0.15) is 0 Å². The highest BCUT2D eigenvalue weighted by Crippen LogP contribution is 2.17. The molecule has 2 amide bonds. The molecule has 0 aromatic heterocycles. The lowest BCUT2D eigenvalue weighted by Gasteiger charge is -2.28. The Morgan fingerprint density at radius 3 is 2.38 bits per heavy atom. The topological polar surface area (TPSA) is 49.4 Å². The van der Waals surface area contributed by atoms with Gasteiger partial charge in [-0.05, 0) is 49.6 Å². The molecule has 26 heavy (non-hydrogen) atoms. The first-order valence-electron chi connectivity index (χ1n) is 8.63. The van der Waals surface area contributed by atoms with Crippen LogP contribution >= 0.6 is 11.6 Å². The highest BCUT2D eigenvalue weighted by molar-refractivity contribution is 6.30. The summed E-state index contributed by atoms with van der Waals surface area (Å²) in [5, 5.41) is 3.27. The molecule has 0 saturated carbocycles. The van der Waals surface area contributed by atoms with Gasteiger partial charge in [-0.3, -0.25) is 9.59 Å². The SMILES string of the molecule is CNC(=O)[C@H](C)N(Cc1ccc(Cl)cc1)C(=O)Cc1cc(C)ccc1C. The van der Waals surface area contributed by atoms with E-state index in [9.17, 15) is 9.59 Å². The molecule has 0 heterocycles. The normalized spacial score (nSPS) is 11.7. The Hall–Kier alpha value is -2.33. The molecule has 0 aliphatic carbocycles. The number of hydrogen-bond donors (Lipinski definition) is 1. The van der Waals surface area contributed by atoms with Crippen LogP contribution in [-0.2, 0) is 22.6 Å². The molecule has 0 unspecified atom stereocenters. The third kappa shape index (κ3) is 5.09. The number of likely N-dealkylation sites (N-methyl/N-ethyl adjacent to an activating group) is 1. The molecule has 1 N–H and O–H groups in total. The van der Waals surface area contributed by atoms with E-state index >= 15 is 0 Å². The van der Waals surface area contributed by atoms with E-state index in [1.807, 2.05) is 44.2 Å². The first-order valence-corrected chi connectivity index (χ1v) is 9.01. The van der Waals surface area contributed by atoms with Crippen molar-refractivity contribution in [2.24, 2.45) is 0 Å². The zero-order valence-corrected chi connectivity index (χ0v) is 16.4. The fourth-order valence-electron chi connectivity index (χ4n) is 2.83. The first-order chi connectivity index (χ1) is 12.3. The number of carbonyl (C=O) groups is 2. The van der Waals surface area contributed by atoms with E-state index in [0.717, 1.165) is 22.3 Å². The zero-order chi connectivity index (χ0) is 19.3. The summed E-state index contributed by atoms with van der Waals surface area (Å²) < 4.78 is 0. The van der Waals surface area contributed by atoms with Crippen LogP contribution < -0.4 is 5.32 Å². The predicted octanol–water partition coefficient (Wildman–Crippen LogP) is 3.66. The van der Waals surface area contributed by atoms with Crippen molar-refractivity contribution in [3.63, 3.8) is 0 Å². The van der Waals surface area contributed by atoms with Gasteiger partial charge in [0.05, 0.1) is 6.42 Å². The summed E-state index contributed by atoms with van der Waals surface area (Å²) in [4.78, 5) is 26.8. The summed E-state index contributed by atoms with van der Waals surface area (Å²) in [6.45, 7) is 6.10. The van der Waals surface area contributed by atoms with Gasteiger partial charge in [0.1, 0.15) is 6.04 Å². The number of halogens is 1. The average molecular weight is 373 g/mol. The Morgan fingerprint density at radius 2 is 1.77 bits per heavy atom. The summed E-state index contributed by atoms with van der Waals surface area (Å²) >= 11 is 5.94. The molecule has 0 bridgehead atoms. The molecular formula is C21H25ClN2O2. The quantitative estimate of drug-likeness (QED) is 0.841. The Kier molecular flexibility index (Phi) is 6.81. The van der Waals surface area contributed by atoms with Crippen LogP contribution in [0.4, 0.5) is 0 Å². The minimum absolute atomic E-state index is 0.0789. The van der Waals surface area contributed by atoms with Gasteiger partial charge in [-0.1, -0.05) is 47.5 Å². The summed E-state index contributed by atoms with van der Waals surface area (Å²) in [7, 11) is 1.58. The summed E-state index contributed by atoms with van der Waals surface area (Å²) in [6.07, 6.45) is 0.266. The Balaban J connectivity index is 2.26. The van der Waals surface area contributed by atoms with Gasteiger partial charge in [0.2, 0.25) is 11.8 Å². The molecule has 0 spiro atoms. The molecule has 138 valence electrons. The molecule has 2 aromatic rings. The van der Waals surface area contributed by atoms with Gasteiger partial charge in [0.15, 0.2) is 0 Å². The van der Waals surface area contributed by atoms with Gasteiger partial charge in [0.25, 0.3) is 0 Å². The van der Waals surface area contributed by atoms with Crippen molar-refractivity contribution in [1.29, 1.82) is 0 Å². The fourth-order valence-corrected chi connectivity index (χ4v) is 2.96. The van der Waals surface area contributed by atoms with Crippen molar-refractivity contribution in [2.75, 3.05) is 7.05 Å². The van der Waals surface area contributed by atoms with E-state index in [1.54, 1.807) is 31.0 Å². The maximum absolute atomic E-state index is 13.0. The molecule has 2 aromatic carbocycles. The monoisotopic (exact) mass is 372 g/mol. The largest absolute Gasteiger partial charge is 0.357 e. The maximum atomic E-state index is 13.0. The van der Waals surface area contributed by atoms with Crippen LogP contribution in [0.1, 0.15) is 29.2 Å². The number of amides is 2. The zero-order valence-electron chi connectivity index (χ0n) is 15.7. The lowest BCUT2D eigenvalue weighted by Crippen LogP contribution is -2.47. The fraction of sp³-hybridized carbons (Fsp3) is 0.333. The second kappa shape index (κ2) is 8.86. The third-order valence-corrected chi connectivity index (χ3v) is 4.78. The van der Waals surface area contributed by atoms with Gasteiger partial charge >= 0.3 is 0 Å². The standard InChI is InChI=1S/C21H25ClN2O2/c1-14-5-6-15(2)18(11-14)12-20(25)24(16(3)21(26)23-4)13-17-7-9-19(22)10-8-17/h5-11,16H,12-13H2,1-4H3,(H,23,26)/t16-/m0/s1. The summed E-state index contributed by atoms with van der Waals surface area (Å²) in [5.74, 6) is -0.266. The van der Waals surface area contributed by atoms with Crippen molar-refractivity contribution < 1.29 is 9.59 Å². The van der Waals surface area contributed by atoms with Crippen molar-refractivity contribution in [3.8, 4) is 0 Å². The highest BCUT2D eigenvalue weighted by atomic mass is 35.5. The number of hydrogen-bond acceptors (Lipinski definition) is 2. The number of benzene rings is 2. The van der Waals surface area contributed by atoms with Gasteiger partial charge in [-0.15, -0.1) is 0 Å². The van der Waals surface area contributed by atoms with E-state index < -0.39 is 6.04 Å². The van der Waals surface area contributed by atoms with E-state index in [-0.39, 0.29) is 18.2 Å². The number of aryl methyl sites for hydroxylation is 2. The predicted molar refractivity (Wildman–Crippen MR) is 105 cm³/mol. The summed E-state index contributed by atoms with van der Waals surface area (Å²) in [6, 6.07) is 12.8. The molecule has 1 atom stereocenters. The van der Waals surface area contributed by atoms with Gasteiger partial charge in [-0.25, -0.2) is 0 Å². The Morgan fingerprint density at radius 1 is 1.12 bits per heavy atom. The Bertz CT molecular complexity index is 787. The van der Waals surface area contributed by atoms with Crippen LogP contribution in [0.25, 0.3) is 0 Å². The molecule has 5 heteroatoms. The molecule has 2 rings (SSSR count). The second-order valence-corrected chi connectivity index (χ2v) is 6.98. The van der Waals surface area contributed by atoms with Crippen molar-refractivity contribution in [3.05, 3.63) is 69.7 Å². The molecule has 0 fully saturated rings. The lowest BCUT2D eigenvalue weighted by molar-refractivity contribution is -0.139. The first kappa shape index (κ1) is 20.0.